The Kier molecular flexibility index (Phi) is 2.95. The molecule has 4 nitrogen and oxygen atoms in total. The van der Waals surface area contributed by atoms with E-state index in [9.17, 15) is 4.79 Å². The van der Waals surface area contributed by atoms with Crippen LogP contribution in [0.4, 0.5) is 0 Å². The van der Waals surface area contributed by atoms with Crippen LogP contribution in [0.5, 0.6) is 0 Å². The second-order valence-corrected chi connectivity index (χ2v) is 3.16. The molecular weight excluding hydrogens is 230 g/mol. The van der Waals surface area contributed by atoms with Crippen LogP contribution in [0.25, 0.3) is 0 Å². The molecule has 0 saturated carbocycles. The lowest BCUT2D eigenvalue weighted by Crippen LogP contribution is -2.14. The molecule has 0 radical (unpaired) electrons. The Bertz CT molecular complexity index is 316. The Balaban J connectivity index is 3.00. The number of hydrogen-bond acceptors (Lipinski definition) is 3. The SMILES string of the molecule is Cn1ncsc1=NC(=O)CBr. The zero-order valence-electron chi connectivity index (χ0n) is 5.82. The summed E-state index contributed by atoms with van der Waals surface area (Å²) in [5.41, 5.74) is 1.64. The monoisotopic (exact) mass is 235 g/mol. The van der Waals surface area contributed by atoms with Crippen molar-refractivity contribution >= 4 is 33.2 Å². The van der Waals surface area contributed by atoms with Crippen molar-refractivity contribution in [3.05, 3.63) is 10.3 Å². The van der Waals surface area contributed by atoms with E-state index in [0.29, 0.717) is 4.80 Å². The van der Waals surface area contributed by atoms with Crippen molar-refractivity contribution in [3.8, 4) is 0 Å². The van der Waals surface area contributed by atoms with E-state index in [2.05, 4.69) is 26.0 Å². The number of carbonyl (C=O) groups is 1. The van der Waals surface area contributed by atoms with E-state index in [1.165, 1.54) is 11.3 Å². The summed E-state index contributed by atoms with van der Waals surface area (Å²) in [5, 5.41) is 4.13. The van der Waals surface area contributed by atoms with Crippen molar-refractivity contribution in [2.75, 3.05) is 5.33 Å². The summed E-state index contributed by atoms with van der Waals surface area (Å²) >= 11 is 4.35. The molecule has 0 aliphatic rings. The first-order valence-corrected chi connectivity index (χ1v) is 4.84. The molecular formula is C5H6BrN3OS. The van der Waals surface area contributed by atoms with Crippen molar-refractivity contribution in [3.63, 3.8) is 0 Å². The molecule has 0 N–H and O–H groups in total. The van der Waals surface area contributed by atoms with Gasteiger partial charge in [0.05, 0.1) is 5.33 Å². The molecule has 0 atom stereocenters. The van der Waals surface area contributed by atoms with Gasteiger partial charge in [0, 0.05) is 7.05 Å². The third-order valence-electron chi connectivity index (χ3n) is 0.990. The van der Waals surface area contributed by atoms with E-state index < -0.39 is 0 Å². The molecule has 0 fully saturated rings. The molecule has 1 aromatic heterocycles. The Hall–Kier alpha value is -0.490. The van der Waals surface area contributed by atoms with Crippen LogP contribution < -0.4 is 4.80 Å². The maximum Gasteiger partial charge on any atom is 0.259 e. The van der Waals surface area contributed by atoms with Crippen LogP contribution in [-0.4, -0.2) is 21.0 Å². The largest absolute Gasteiger partial charge is 0.272 e. The molecule has 0 saturated heterocycles. The molecule has 1 rings (SSSR count). The van der Waals surface area contributed by atoms with Crippen LogP contribution in [-0.2, 0) is 11.8 Å². The Morgan fingerprint density at radius 1 is 2.00 bits per heavy atom. The molecule has 0 aliphatic heterocycles. The summed E-state index contributed by atoms with van der Waals surface area (Å²) in [5.74, 6) is -0.190. The second kappa shape index (κ2) is 3.77. The average molecular weight is 236 g/mol. The number of rotatable bonds is 1. The van der Waals surface area contributed by atoms with Crippen molar-refractivity contribution in [2.24, 2.45) is 12.0 Å². The van der Waals surface area contributed by atoms with E-state index >= 15 is 0 Å². The third kappa shape index (κ3) is 2.23. The topological polar surface area (TPSA) is 47.2 Å². The van der Waals surface area contributed by atoms with Crippen LogP contribution >= 0.6 is 27.3 Å². The summed E-state index contributed by atoms with van der Waals surface area (Å²) < 4.78 is 1.56. The van der Waals surface area contributed by atoms with Crippen molar-refractivity contribution in [1.29, 1.82) is 0 Å². The normalized spacial score (nSPS) is 12.0. The maximum absolute atomic E-state index is 10.8. The lowest BCUT2D eigenvalue weighted by Gasteiger charge is -1.85. The van der Waals surface area contributed by atoms with Crippen LogP contribution in [0.3, 0.4) is 0 Å². The van der Waals surface area contributed by atoms with E-state index in [4.69, 9.17) is 0 Å². The van der Waals surface area contributed by atoms with E-state index in [1.54, 1.807) is 17.2 Å². The molecule has 0 spiro atoms. The predicted molar refractivity (Wildman–Crippen MR) is 45.4 cm³/mol. The molecule has 6 heteroatoms. The first kappa shape index (κ1) is 8.61. The zero-order valence-corrected chi connectivity index (χ0v) is 8.22. The van der Waals surface area contributed by atoms with Gasteiger partial charge in [-0.1, -0.05) is 27.3 Å². The van der Waals surface area contributed by atoms with Gasteiger partial charge in [0.15, 0.2) is 0 Å². The van der Waals surface area contributed by atoms with Gasteiger partial charge in [0.25, 0.3) is 5.91 Å². The van der Waals surface area contributed by atoms with Crippen LogP contribution in [0.2, 0.25) is 0 Å². The van der Waals surface area contributed by atoms with Gasteiger partial charge in [-0.25, -0.2) is 4.68 Å². The number of alkyl halides is 1. The highest BCUT2D eigenvalue weighted by Crippen LogP contribution is 1.85. The highest BCUT2D eigenvalue weighted by Gasteiger charge is 1.95. The molecule has 0 aliphatic carbocycles. The summed E-state index contributed by atoms with van der Waals surface area (Å²) in [7, 11) is 1.75. The Morgan fingerprint density at radius 3 is 3.18 bits per heavy atom. The zero-order chi connectivity index (χ0) is 8.27. The molecule has 0 unspecified atom stereocenters. The van der Waals surface area contributed by atoms with E-state index in [-0.39, 0.29) is 11.2 Å². The van der Waals surface area contributed by atoms with Gasteiger partial charge in [-0.15, -0.1) is 0 Å². The molecule has 0 aromatic carbocycles. The lowest BCUT2D eigenvalue weighted by atomic mass is 10.7. The fourth-order valence-electron chi connectivity index (χ4n) is 0.502. The fraction of sp³-hybridized carbons (Fsp3) is 0.400. The number of carbonyl (C=O) groups excluding carboxylic acids is 1. The van der Waals surface area contributed by atoms with Crippen LogP contribution in [0, 0.1) is 0 Å². The van der Waals surface area contributed by atoms with Gasteiger partial charge in [0.1, 0.15) is 5.51 Å². The van der Waals surface area contributed by atoms with Crippen LogP contribution in [0.15, 0.2) is 10.5 Å². The summed E-state index contributed by atoms with van der Waals surface area (Å²) in [6, 6.07) is 0. The minimum absolute atomic E-state index is 0.190. The minimum atomic E-state index is -0.190. The van der Waals surface area contributed by atoms with Gasteiger partial charge in [-0.2, -0.15) is 10.1 Å². The predicted octanol–water partition coefficient (Wildman–Crippen LogP) is 0.304. The number of nitrogens with zero attached hydrogens (tertiary/aromatic N) is 3. The molecule has 1 amide bonds. The molecule has 0 bridgehead atoms. The number of aromatic nitrogens is 2. The number of hydrogen-bond donors (Lipinski definition) is 0. The highest BCUT2D eigenvalue weighted by atomic mass is 79.9. The number of amides is 1. The molecule has 1 heterocycles. The Morgan fingerprint density at radius 2 is 2.73 bits per heavy atom. The van der Waals surface area contributed by atoms with Crippen LogP contribution in [0.1, 0.15) is 0 Å². The standard InChI is InChI=1S/C5H6BrN3OS/c1-9-5(11-3-7-9)8-4(10)2-6/h3H,2H2,1H3. The maximum atomic E-state index is 10.8. The third-order valence-corrected chi connectivity index (χ3v) is 2.24. The van der Waals surface area contributed by atoms with Crippen molar-refractivity contribution < 1.29 is 4.79 Å². The van der Waals surface area contributed by atoms with E-state index in [0.717, 1.165) is 0 Å². The Labute approximate surface area is 75.7 Å². The molecule has 60 valence electrons. The van der Waals surface area contributed by atoms with Gasteiger partial charge in [-0.3, -0.25) is 4.79 Å². The average Bonchev–Trinajstić information content (AvgIpc) is 2.37. The quantitative estimate of drug-likeness (QED) is 0.658. The smallest absolute Gasteiger partial charge is 0.259 e. The second-order valence-electron chi connectivity index (χ2n) is 1.78. The van der Waals surface area contributed by atoms with Crippen molar-refractivity contribution in [1.82, 2.24) is 9.78 Å². The first-order chi connectivity index (χ1) is 5.24. The number of halogens is 1. The van der Waals surface area contributed by atoms with Gasteiger partial charge >= 0.3 is 0 Å². The fourth-order valence-corrected chi connectivity index (χ4v) is 1.26. The lowest BCUT2D eigenvalue weighted by molar-refractivity contribution is -0.115. The molecule has 11 heavy (non-hydrogen) atoms. The summed E-state index contributed by atoms with van der Waals surface area (Å²) in [6.45, 7) is 0. The number of aryl methyl sites for hydroxylation is 1. The van der Waals surface area contributed by atoms with Gasteiger partial charge in [0.2, 0.25) is 4.80 Å². The van der Waals surface area contributed by atoms with E-state index in [1.807, 2.05) is 0 Å². The van der Waals surface area contributed by atoms with Crippen molar-refractivity contribution in [2.45, 2.75) is 0 Å². The molecule has 1 aromatic rings. The van der Waals surface area contributed by atoms with Gasteiger partial charge in [-0.05, 0) is 0 Å². The summed E-state index contributed by atoms with van der Waals surface area (Å²) in [6.07, 6.45) is 0. The highest BCUT2D eigenvalue weighted by molar-refractivity contribution is 9.09. The first-order valence-electron chi connectivity index (χ1n) is 2.84. The van der Waals surface area contributed by atoms with Gasteiger partial charge < -0.3 is 0 Å². The summed E-state index contributed by atoms with van der Waals surface area (Å²) in [4.78, 5) is 15.2. The minimum Gasteiger partial charge on any atom is -0.272 e.